The molecule has 1 aliphatic rings. The van der Waals surface area contributed by atoms with E-state index in [-0.39, 0.29) is 17.9 Å². The second-order valence-corrected chi connectivity index (χ2v) is 6.95. The lowest BCUT2D eigenvalue weighted by Crippen LogP contribution is -2.39. The normalized spacial score (nSPS) is 16.1. The molecule has 0 saturated heterocycles. The van der Waals surface area contributed by atoms with Crippen LogP contribution in [-0.2, 0) is 17.8 Å². The van der Waals surface area contributed by atoms with Gasteiger partial charge in [0.2, 0.25) is 0 Å². The van der Waals surface area contributed by atoms with Gasteiger partial charge in [0.1, 0.15) is 5.75 Å². The predicted octanol–water partition coefficient (Wildman–Crippen LogP) is 3.09. The van der Waals surface area contributed by atoms with Crippen LogP contribution in [-0.4, -0.2) is 23.7 Å². The summed E-state index contributed by atoms with van der Waals surface area (Å²) in [5, 5.41) is 12.2. The minimum Gasteiger partial charge on any atom is -0.481 e. The number of aliphatic hydroxyl groups is 1. The van der Waals surface area contributed by atoms with E-state index >= 15 is 0 Å². The van der Waals surface area contributed by atoms with Gasteiger partial charge in [-0.25, -0.2) is 0 Å². The molecule has 1 unspecified atom stereocenters. The van der Waals surface area contributed by atoms with Gasteiger partial charge >= 0.3 is 0 Å². The lowest BCUT2D eigenvalue weighted by Gasteiger charge is -2.19. The summed E-state index contributed by atoms with van der Waals surface area (Å²) in [5.74, 6) is 0.494. The Labute approximate surface area is 148 Å². The van der Waals surface area contributed by atoms with Gasteiger partial charge in [-0.2, -0.15) is 0 Å². The quantitative estimate of drug-likeness (QED) is 0.777. The molecule has 1 saturated carbocycles. The van der Waals surface area contributed by atoms with E-state index in [4.69, 9.17) is 4.74 Å². The zero-order valence-corrected chi connectivity index (χ0v) is 14.6. The van der Waals surface area contributed by atoms with Crippen LogP contribution in [0.2, 0.25) is 0 Å². The number of carbonyl (C=O) groups excluding carboxylic acids is 1. The molecule has 1 aliphatic carbocycles. The van der Waals surface area contributed by atoms with Crippen molar-refractivity contribution in [2.45, 2.75) is 38.9 Å². The molecule has 0 spiro atoms. The average molecular weight is 339 g/mol. The molecule has 4 nitrogen and oxygen atoms in total. The summed E-state index contributed by atoms with van der Waals surface area (Å²) < 4.78 is 5.70. The fraction of sp³-hybridized carbons (Fsp3) is 0.381. The standard InChI is InChI=1S/C21H25NO3/c1-16(25-19-9-5-8-18(12-19)14-23)20(24)22-15-21(10-11-21)13-17-6-3-2-4-7-17/h2-9,12,16,23H,10-11,13-15H2,1H3,(H,22,24). The number of hydrogen-bond acceptors (Lipinski definition) is 3. The fourth-order valence-electron chi connectivity index (χ4n) is 3.01. The van der Waals surface area contributed by atoms with Crippen molar-refractivity contribution in [2.24, 2.45) is 5.41 Å². The highest BCUT2D eigenvalue weighted by molar-refractivity contribution is 5.80. The van der Waals surface area contributed by atoms with Gasteiger partial charge in [0.05, 0.1) is 6.61 Å². The summed E-state index contributed by atoms with van der Waals surface area (Å²) in [6.45, 7) is 2.39. The number of aliphatic hydroxyl groups excluding tert-OH is 1. The van der Waals surface area contributed by atoms with Gasteiger partial charge in [-0.1, -0.05) is 42.5 Å². The number of rotatable bonds is 8. The van der Waals surface area contributed by atoms with E-state index in [1.807, 2.05) is 18.2 Å². The molecule has 25 heavy (non-hydrogen) atoms. The molecule has 0 heterocycles. The van der Waals surface area contributed by atoms with E-state index < -0.39 is 6.10 Å². The molecule has 0 aromatic heterocycles. The molecule has 0 radical (unpaired) electrons. The maximum atomic E-state index is 12.3. The first kappa shape index (κ1) is 17.5. The summed E-state index contributed by atoms with van der Waals surface area (Å²) in [4.78, 5) is 12.3. The second kappa shape index (κ2) is 7.70. The molecule has 1 fully saturated rings. The Balaban J connectivity index is 1.50. The van der Waals surface area contributed by atoms with Crippen LogP contribution in [0.4, 0.5) is 0 Å². The van der Waals surface area contributed by atoms with Gasteiger partial charge in [0, 0.05) is 6.54 Å². The van der Waals surface area contributed by atoms with Gasteiger partial charge in [0.15, 0.2) is 6.10 Å². The van der Waals surface area contributed by atoms with Crippen LogP contribution in [0, 0.1) is 5.41 Å². The Bertz CT molecular complexity index is 710. The van der Waals surface area contributed by atoms with E-state index in [9.17, 15) is 9.90 Å². The lowest BCUT2D eigenvalue weighted by molar-refractivity contribution is -0.127. The van der Waals surface area contributed by atoms with E-state index in [1.54, 1.807) is 19.1 Å². The molecule has 1 atom stereocenters. The zero-order valence-electron chi connectivity index (χ0n) is 14.6. The number of nitrogens with one attached hydrogen (secondary N) is 1. The minimum atomic E-state index is -0.568. The van der Waals surface area contributed by atoms with Crippen LogP contribution in [0.15, 0.2) is 54.6 Å². The largest absolute Gasteiger partial charge is 0.481 e. The molecule has 132 valence electrons. The molecule has 3 rings (SSSR count). The molecule has 0 bridgehead atoms. The Kier molecular flexibility index (Phi) is 5.39. The lowest BCUT2D eigenvalue weighted by atomic mass is 9.96. The predicted molar refractivity (Wildman–Crippen MR) is 97.3 cm³/mol. The van der Waals surface area contributed by atoms with Crippen molar-refractivity contribution in [3.8, 4) is 5.75 Å². The summed E-state index contributed by atoms with van der Waals surface area (Å²) in [6.07, 6.45) is 2.73. The molecule has 2 aromatic carbocycles. The highest BCUT2D eigenvalue weighted by Crippen LogP contribution is 2.47. The maximum Gasteiger partial charge on any atom is 0.260 e. The van der Waals surface area contributed by atoms with Crippen molar-refractivity contribution in [1.82, 2.24) is 5.32 Å². The van der Waals surface area contributed by atoms with Crippen LogP contribution in [0.5, 0.6) is 5.75 Å². The van der Waals surface area contributed by atoms with Crippen molar-refractivity contribution in [1.29, 1.82) is 0 Å². The molecule has 2 aromatic rings. The van der Waals surface area contributed by atoms with Crippen molar-refractivity contribution >= 4 is 5.91 Å². The third-order valence-corrected chi connectivity index (χ3v) is 4.78. The monoisotopic (exact) mass is 339 g/mol. The van der Waals surface area contributed by atoms with Gasteiger partial charge < -0.3 is 15.2 Å². The Morgan fingerprint density at radius 3 is 2.56 bits per heavy atom. The number of ether oxygens (including phenoxy) is 1. The number of hydrogen-bond donors (Lipinski definition) is 2. The Morgan fingerprint density at radius 1 is 1.16 bits per heavy atom. The van der Waals surface area contributed by atoms with E-state index in [2.05, 4.69) is 29.6 Å². The maximum absolute atomic E-state index is 12.3. The minimum absolute atomic E-state index is 0.0419. The second-order valence-electron chi connectivity index (χ2n) is 6.95. The Morgan fingerprint density at radius 2 is 1.88 bits per heavy atom. The zero-order chi connectivity index (χ0) is 17.7. The third kappa shape index (κ3) is 4.83. The third-order valence-electron chi connectivity index (χ3n) is 4.78. The fourth-order valence-corrected chi connectivity index (χ4v) is 3.01. The number of benzene rings is 2. The molecule has 1 amide bonds. The number of amides is 1. The van der Waals surface area contributed by atoms with Gasteiger partial charge in [-0.3, -0.25) is 4.79 Å². The van der Waals surface area contributed by atoms with Crippen LogP contribution < -0.4 is 10.1 Å². The molecular weight excluding hydrogens is 314 g/mol. The first-order valence-corrected chi connectivity index (χ1v) is 8.78. The smallest absolute Gasteiger partial charge is 0.260 e. The molecule has 2 N–H and O–H groups in total. The Hall–Kier alpha value is -2.33. The van der Waals surface area contributed by atoms with Crippen molar-refractivity contribution in [3.63, 3.8) is 0 Å². The van der Waals surface area contributed by atoms with Gasteiger partial charge in [0.25, 0.3) is 5.91 Å². The van der Waals surface area contributed by atoms with Gasteiger partial charge in [-0.05, 0) is 54.9 Å². The SMILES string of the molecule is CC(Oc1cccc(CO)c1)C(=O)NCC1(Cc2ccccc2)CC1. The van der Waals surface area contributed by atoms with Crippen LogP contribution in [0.3, 0.4) is 0 Å². The highest BCUT2D eigenvalue weighted by atomic mass is 16.5. The van der Waals surface area contributed by atoms with E-state index in [1.165, 1.54) is 5.56 Å². The first-order chi connectivity index (χ1) is 12.1. The van der Waals surface area contributed by atoms with Crippen LogP contribution >= 0.6 is 0 Å². The average Bonchev–Trinajstić information content (AvgIpc) is 3.40. The topological polar surface area (TPSA) is 58.6 Å². The van der Waals surface area contributed by atoms with E-state index in [0.717, 1.165) is 24.8 Å². The highest BCUT2D eigenvalue weighted by Gasteiger charge is 2.42. The van der Waals surface area contributed by atoms with E-state index in [0.29, 0.717) is 12.3 Å². The van der Waals surface area contributed by atoms with Crippen LogP contribution in [0.25, 0.3) is 0 Å². The summed E-state index contributed by atoms with van der Waals surface area (Å²) in [6, 6.07) is 17.6. The van der Waals surface area contributed by atoms with Crippen LogP contribution in [0.1, 0.15) is 30.9 Å². The number of carbonyl (C=O) groups is 1. The molecular formula is C21H25NO3. The van der Waals surface area contributed by atoms with Gasteiger partial charge in [-0.15, -0.1) is 0 Å². The summed E-state index contributed by atoms with van der Waals surface area (Å²) in [5.41, 5.74) is 2.29. The molecule has 4 heteroatoms. The summed E-state index contributed by atoms with van der Waals surface area (Å²) in [7, 11) is 0. The van der Waals surface area contributed by atoms with Crippen molar-refractivity contribution in [2.75, 3.05) is 6.54 Å². The molecule has 0 aliphatic heterocycles. The van der Waals surface area contributed by atoms with Crippen molar-refractivity contribution in [3.05, 3.63) is 65.7 Å². The summed E-state index contributed by atoms with van der Waals surface area (Å²) >= 11 is 0. The van der Waals surface area contributed by atoms with Crippen molar-refractivity contribution < 1.29 is 14.6 Å². The first-order valence-electron chi connectivity index (χ1n) is 8.78.